The average Bonchev–Trinajstić information content (AvgIpc) is 2.64. The predicted molar refractivity (Wildman–Crippen MR) is 75.2 cm³/mol. The summed E-state index contributed by atoms with van der Waals surface area (Å²) in [6.45, 7) is 8.95. The molecule has 0 radical (unpaired) electrons. The summed E-state index contributed by atoms with van der Waals surface area (Å²) in [5.74, 6) is 0. The Balaban J connectivity index is 2.39. The van der Waals surface area contributed by atoms with Crippen molar-refractivity contribution >= 4 is 0 Å². The molecule has 3 nitrogen and oxygen atoms in total. The van der Waals surface area contributed by atoms with Crippen molar-refractivity contribution in [2.75, 3.05) is 40.3 Å². The van der Waals surface area contributed by atoms with Crippen molar-refractivity contribution < 1.29 is 0 Å². The summed E-state index contributed by atoms with van der Waals surface area (Å²) in [6, 6.07) is 0.753. The summed E-state index contributed by atoms with van der Waals surface area (Å²) in [7, 11) is 4.50. The minimum Gasteiger partial charge on any atom is -0.330 e. The van der Waals surface area contributed by atoms with Gasteiger partial charge in [0.05, 0.1) is 0 Å². The lowest BCUT2D eigenvalue weighted by molar-refractivity contribution is 0.151. The first-order valence-electron chi connectivity index (χ1n) is 7.09. The number of rotatable bonds is 7. The van der Waals surface area contributed by atoms with Crippen LogP contribution in [0, 0.1) is 5.41 Å². The zero-order chi connectivity index (χ0) is 12.9. The summed E-state index contributed by atoms with van der Waals surface area (Å²) in [5.41, 5.74) is 6.23. The van der Waals surface area contributed by atoms with Gasteiger partial charge in [0.1, 0.15) is 0 Å². The molecule has 2 atom stereocenters. The first kappa shape index (κ1) is 14.9. The predicted octanol–water partition coefficient (Wildman–Crippen LogP) is 1.78. The standard InChI is InChI=1S/C14H31N3/c1-5-8-14(2,11-15)12-16(3)10-13-7-6-9-17(13)4/h13H,5-12,15H2,1-4H3. The van der Waals surface area contributed by atoms with Gasteiger partial charge in [0.2, 0.25) is 0 Å². The van der Waals surface area contributed by atoms with Gasteiger partial charge >= 0.3 is 0 Å². The molecule has 1 aliphatic heterocycles. The quantitative estimate of drug-likeness (QED) is 0.737. The normalized spacial score (nSPS) is 25.4. The molecule has 1 rings (SSSR count). The number of nitrogens with two attached hydrogens (primary N) is 1. The van der Waals surface area contributed by atoms with Crippen LogP contribution in [-0.2, 0) is 0 Å². The fraction of sp³-hybridized carbons (Fsp3) is 1.00. The molecule has 1 saturated heterocycles. The van der Waals surface area contributed by atoms with Crippen LogP contribution >= 0.6 is 0 Å². The van der Waals surface area contributed by atoms with Crippen molar-refractivity contribution in [1.82, 2.24) is 9.80 Å². The van der Waals surface area contributed by atoms with Crippen molar-refractivity contribution in [2.45, 2.75) is 45.6 Å². The van der Waals surface area contributed by atoms with Crippen molar-refractivity contribution in [1.29, 1.82) is 0 Å². The summed E-state index contributed by atoms with van der Waals surface area (Å²) >= 11 is 0. The van der Waals surface area contributed by atoms with Crippen LogP contribution in [0.3, 0.4) is 0 Å². The van der Waals surface area contributed by atoms with E-state index in [9.17, 15) is 0 Å². The van der Waals surface area contributed by atoms with E-state index in [0.717, 1.165) is 19.1 Å². The van der Waals surface area contributed by atoms with Gasteiger partial charge in [0, 0.05) is 19.1 Å². The van der Waals surface area contributed by atoms with Gasteiger partial charge in [0.15, 0.2) is 0 Å². The number of hydrogen-bond donors (Lipinski definition) is 1. The third-order valence-corrected chi connectivity index (χ3v) is 4.19. The van der Waals surface area contributed by atoms with E-state index in [0.29, 0.717) is 5.41 Å². The van der Waals surface area contributed by atoms with Crippen LogP contribution in [0.5, 0.6) is 0 Å². The van der Waals surface area contributed by atoms with Gasteiger partial charge in [-0.05, 0) is 51.9 Å². The largest absolute Gasteiger partial charge is 0.330 e. The molecule has 0 aromatic rings. The maximum Gasteiger partial charge on any atom is 0.0220 e. The second-order valence-corrected chi connectivity index (χ2v) is 6.24. The van der Waals surface area contributed by atoms with Crippen LogP contribution in [0.2, 0.25) is 0 Å². The lowest BCUT2D eigenvalue weighted by Crippen LogP contribution is -2.43. The molecule has 1 heterocycles. The zero-order valence-corrected chi connectivity index (χ0v) is 12.2. The number of likely N-dealkylation sites (N-methyl/N-ethyl adjacent to an activating group) is 2. The van der Waals surface area contributed by atoms with E-state index >= 15 is 0 Å². The Labute approximate surface area is 107 Å². The zero-order valence-electron chi connectivity index (χ0n) is 12.2. The van der Waals surface area contributed by atoms with Crippen molar-refractivity contribution in [3.63, 3.8) is 0 Å². The number of nitrogens with zero attached hydrogens (tertiary/aromatic N) is 2. The molecule has 2 unspecified atom stereocenters. The first-order chi connectivity index (χ1) is 8.00. The lowest BCUT2D eigenvalue weighted by Gasteiger charge is -2.34. The highest BCUT2D eigenvalue weighted by molar-refractivity contribution is 4.83. The Morgan fingerprint density at radius 1 is 1.47 bits per heavy atom. The van der Waals surface area contributed by atoms with E-state index < -0.39 is 0 Å². The highest BCUT2D eigenvalue weighted by atomic mass is 15.2. The Morgan fingerprint density at radius 3 is 2.65 bits per heavy atom. The second-order valence-electron chi connectivity index (χ2n) is 6.24. The molecule has 0 saturated carbocycles. The Bertz CT molecular complexity index is 220. The van der Waals surface area contributed by atoms with Gasteiger partial charge < -0.3 is 15.5 Å². The van der Waals surface area contributed by atoms with Gasteiger partial charge in [-0.15, -0.1) is 0 Å². The second kappa shape index (κ2) is 6.72. The van der Waals surface area contributed by atoms with E-state index in [1.54, 1.807) is 0 Å². The molecule has 0 spiro atoms. The molecule has 1 aliphatic rings. The minimum absolute atomic E-state index is 0.292. The smallest absolute Gasteiger partial charge is 0.0220 e. The molecule has 1 fully saturated rings. The topological polar surface area (TPSA) is 32.5 Å². The van der Waals surface area contributed by atoms with Crippen molar-refractivity contribution in [3.05, 3.63) is 0 Å². The van der Waals surface area contributed by atoms with Gasteiger partial charge in [-0.1, -0.05) is 20.3 Å². The SMILES string of the molecule is CCCC(C)(CN)CN(C)CC1CCCN1C. The molecule has 102 valence electrons. The maximum atomic E-state index is 5.94. The van der Waals surface area contributed by atoms with Gasteiger partial charge in [-0.2, -0.15) is 0 Å². The monoisotopic (exact) mass is 241 g/mol. The summed E-state index contributed by atoms with van der Waals surface area (Å²) in [4.78, 5) is 4.98. The highest BCUT2D eigenvalue weighted by Crippen LogP contribution is 2.24. The molecule has 0 bridgehead atoms. The summed E-state index contributed by atoms with van der Waals surface area (Å²) < 4.78 is 0. The third-order valence-electron chi connectivity index (χ3n) is 4.19. The maximum absolute atomic E-state index is 5.94. The van der Waals surface area contributed by atoms with E-state index in [1.807, 2.05) is 0 Å². The number of hydrogen-bond acceptors (Lipinski definition) is 3. The molecule has 2 N–H and O–H groups in total. The molecule has 0 aromatic heterocycles. The van der Waals surface area contributed by atoms with Crippen molar-refractivity contribution in [3.8, 4) is 0 Å². The van der Waals surface area contributed by atoms with E-state index in [-0.39, 0.29) is 0 Å². The number of likely N-dealkylation sites (tertiary alicyclic amines) is 1. The Morgan fingerprint density at radius 2 is 2.18 bits per heavy atom. The van der Waals surface area contributed by atoms with Crippen molar-refractivity contribution in [2.24, 2.45) is 11.1 Å². The lowest BCUT2D eigenvalue weighted by atomic mass is 9.85. The first-order valence-corrected chi connectivity index (χ1v) is 7.09. The van der Waals surface area contributed by atoms with E-state index in [1.165, 1.54) is 38.8 Å². The molecule has 17 heavy (non-hydrogen) atoms. The van der Waals surface area contributed by atoms with Gasteiger partial charge in [-0.25, -0.2) is 0 Å². The molecular formula is C14H31N3. The molecule has 0 aliphatic carbocycles. The molecular weight excluding hydrogens is 210 g/mol. The fourth-order valence-corrected chi connectivity index (χ4v) is 3.14. The van der Waals surface area contributed by atoms with E-state index in [2.05, 4.69) is 37.7 Å². The molecule has 0 amide bonds. The van der Waals surface area contributed by atoms with Crippen LogP contribution in [0.1, 0.15) is 39.5 Å². The summed E-state index contributed by atoms with van der Waals surface area (Å²) in [6.07, 6.45) is 5.17. The van der Waals surface area contributed by atoms with Gasteiger partial charge in [0.25, 0.3) is 0 Å². The third kappa shape index (κ3) is 4.57. The minimum atomic E-state index is 0.292. The average molecular weight is 241 g/mol. The summed E-state index contributed by atoms with van der Waals surface area (Å²) in [5, 5.41) is 0. The van der Waals surface area contributed by atoms with Crippen LogP contribution in [-0.4, -0.2) is 56.1 Å². The van der Waals surface area contributed by atoms with Crippen LogP contribution in [0.4, 0.5) is 0 Å². The van der Waals surface area contributed by atoms with E-state index in [4.69, 9.17) is 5.73 Å². The van der Waals surface area contributed by atoms with Gasteiger partial charge in [-0.3, -0.25) is 0 Å². The Hall–Kier alpha value is -0.120. The van der Waals surface area contributed by atoms with Crippen LogP contribution in [0.25, 0.3) is 0 Å². The van der Waals surface area contributed by atoms with Crippen LogP contribution in [0.15, 0.2) is 0 Å². The highest BCUT2D eigenvalue weighted by Gasteiger charge is 2.27. The fourth-order valence-electron chi connectivity index (χ4n) is 3.14. The molecule has 3 heteroatoms. The molecule has 0 aromatic carbocycles. The van der Waals surface area contributed by atoms with Crippen LogP contribution < -0.4 is 5.73 Å². The Kier molecular flexibility index (Phi) is 5.90.